The second-order valence-corrected chi connectivity index (χ2v) is 6.28. The molecule has 3 rings (SSSR count). The molecule has 8 heteroatoms. The van der Waals surface area contributed by atoms with E-state index in [-0.39, 0.29) is 35.1 Å². The summed E-state index contributed by atoms with van der Waals surface area (Å²) < 4.78 is 1.64. The third kappa shape index (κ3) is 4.12. The van der Waals surface area contributed by atoms with Crippen LogP contribution in [0.4, 0.5) is 5.69 Å². The van der Waals surface area contributed by atoms with Crippen LogP contribution in [0.1, 0.15) is 16.8 Å². The van der Waals surface area contributed by atoms with Crippen molar-refractivity contribution in [2.24, 2.45) is 0 Å². The molecule has 0 bridgehead atoms. The van der Waals surface area contributed by atoms with Crippen molar-refractivity contribution in [2.75, 3.05) is 12.4 Å². The van der Waals surface area contributed by atoms with E-state index >= 15 is 0 Å². The van der Waals surface area contributed by atoms with E-state index in [2.05, 4.69) is 15.6 Å². The number of hydrogen-bond donors (Lipinski definition) is 3. The lowest BCUT2D eigenvalue weighted by Gasteiger charge is -2.09. The van der Waals surface area contributed by atoms with Gasteiger partial charge in [0.1, 0.15) is 0 Å². The topological polar surface area (TPSA) is 96.0 Å². The summed E-state index contributed by atoms with van der Waals surface area (Å²) in [5.41, 5.74) is 1.39. The minimum absolute atomic E-state index is 0.0694. The van der Waals surface area contributed by atoms with E-state index in [1.165, 1.54) is 11.6 Å². The molecule has 7 nitrogen and oxygen atoms in total. The molecular weight excluding hydrogens is 364 g/mol. The van der Waals surface area contributed by atoms with Crippen LogP contribution >= 0.6 is 12.2 Å². The standard InChI is InChI=1S/C19H18N4O3S/c1-20-17(25)12-5-4-6-13(11-12)21-16(24)9-10-23-18(26)14-7-2-3-8-15(14)22-19(23)27/h2-8,11H,9-10H2,1H3,(H,20,25)(H,21,24)(H,22,27). The van der Waals surface area contributed by atoms with E-state index in [1.54, 1.807) is 42.5 Å². The SMILES string of the molecule is CNC(=O)c1cccc(NC(=O)CCn2c(=S)[nH]c3ccccc3c2=O)c1. The van der Waals surface area contributed by atoms with Gasteiger partial charge in [0.05, 0.1) is 10.9 Å². The van der Waals surface area contributed by atoms with Gasteiger partial charge in [-0.3, -0.25) is 19.0 Å². The summed E-state index contributed by atoms with van der Waals surface area (Å²) >= 11 is 5.24. The molecule has 0 aliphatic heterocycles. The molecule has 0 saturated carbocycles. The predicted molar refractivity (Wildman–Crippen MR) is 106 cm³/mol. The zero-order valence-electron chi connectivity index (χ0n) is 14.6. The van der Waals surface area contributed by atoms with Gasteiger partial charge in [0.25, 0.3) is 11.5 Å². The Kier molecular flexibility index (Phi) is 5.46. The van der Waals surface area contributed by atoms with Crippen molar-refractivity contribution in [3.8, 4) is 0 Å². The Morgan fingerprint density at radius 3 is 2.70 bits per heavy atom. The van der Waals surface area contributed by atoms with Crippen molar-refractivity contribution in [3.63, 3.8) is 0 Å². The number of para-hydroxylation sites is 1. The van der Waals surface area contributed by atoms with E-state index in [0.29, 0.717) is 22.2 Å². The molecule has 0 radical (unpaired) electrons. The van der Waals surface area contributed by atoms with Gasteiger partial charge < -0.3 is 15.6 Å². The predicted octanol–water partition coefficient (Wildman–Crippen LogP) is 2.45. The number of aromatic nitrogens is 2. The third-order valence-electron chi connectivity index (χ3n) is 4.09. The van der Waals surface area contributed by atoms with Crippen LogP contribution in [0.5, 0.6) is 0 Å². The minimum Gasteiger partial charge on any atom is -0.355 e. The molecule has 2 aromatic carbocycles. The first-order chi connectivity index (χ1) is 13.0. The van der Waals surface area contributed by atoms with Gasteiger partial charge in [-0.1, -0.05) is 18.2 Å². The van der Waals surface area contributed by atoms with E-state index in [4.69, 9.17) is 12.2 Å². The van der Waals surface area contributed by atoms with Crippen molar-refractivity contribution >= 4 is 40.6 Å². The van der Waals surface area contributed by atoms with Crippen LogP contribution in [0.15, 0.2) is 53.3 Å². The number of nitrogens with zero attached hydrogens (tertiary/aromatic N) is 1. The van der Waals surface area contributed by atoms with Gasteiger partial charge in [-0.05, 0) is 42.5 Å². The monoisotopic (exact) mass is 382 g/mol. The van der Waals surface area contributed by atoms with Crippen LogP contribution in [0.3, 0.4) is 0 Å². The number of hydrogen-bond acceptors (Lipinski definition) is 4. The van der Waals surface area contributed by atoms with E-state index in [0.717, 1.165) is 0 Å². The van der Waals surface area contributed by atoms with Gasteiger partial charge in [0, 0.05) is 31.3 Å². The Bertz CT molecular complexity index is 1130. The molecule has 0 saturated heterocycles. The smallest absolute Gasteiger partial charge is 0.262 e. The molecular formula is C19H18N4O3S. The number of aromatic amines is 1. The average molecular weight is 382 g/mol. The van der Waals surface area contributed by atoms with Crippen molar-refractivity contribution < 1.29 is 9.59 Å². The molecule has 0 aliphatic rings. The molecule has 27 heavy (non-hydrogen) atoms. The van der Waals surface area contributed by atoms with Crippen LogP contribution in [0.25, 0.3) is 10.9 Å². The molecule has 0 atom stereocenters. The number of nitrogens with one attached hydrogen (secondary N) is 3. The molecule has 3 aromatic rings. The molecule has 0 unspecified atom stereocenters. The molecule has 1 heterocycles. The molecule has 2 amide bonds. The maximum absolute atomic E-state index is 12.6. The fraction of sp³-hybridized carbons (Fsp3) is 0.158. The number of amides is 2. The third-order valence-corrected chi connectivity index (χ3v) is 4.41. The number of carbonyl (C=O) groups is 2. The summed E-state index contributed by atoms with van der Waals surface area (Å²) in [5.74, 6) is -0.515. The van der Waals surface area contributed by atoms with Gasteiger partial charge in [0.2, 0.25) is 5.91 Å². The highest BCUT2D eigenvalue weighted by atomic mass is 32.1. The Hall–Kier alpha value is -3.26. The molecule has 0 aliphatic carbocycles. The first-order valence-electron chi connectivity index (χ1n) is 8.33. The molecule has 1 aromatic heterocycles. The maximum atomic E-state index is 12.6. The number of H-pyrrole nitrogens is 1. The van der Waals surface area contributed by atoms with Crippen LogP contribution in [-0.2, 0) is 11.3 Å². The summed E-state index contributed by atoms with van der Waals surface area (Å²) in [6.45, 7) is 0.153. The normalized spacial score (nSPS) is 10.6. The van der Waals surface area contributed by atoms with Gasteiger partial charge in [-0.15, -0.1) is 0 Å². The lowest BCUT2D eigenvalue weighted by Crippen LogP contribution is -2.25. The highest BCUT2D eigenvalue weighted by Crippen LogP contribution is 2.11. The van der Waals surface area contributed by atoms with Crippen molar-refractivity contribution in [2.45, 2.75) is 13.0 Å². The number of anilines is 1. The summed E-state index contributed by atoms with van der Waals surface area (Å²) in [4.78, 5) is 39.5. The van der Waals surface area contributed by atoms with Gasteiger partial charge in [-0.25, -0.2) is 0 Å². The van der Waals surface area contributed by atoms with E-state index < -0.39 is 0 Å². The Balaban J connectivity index is 1.73. The Labute approximate surface area is 160 Å². The lowest BCUT2D eigenvalue weighted by molar-refractivity contribution is -0.116. The van der Waals surface area contributed by atoms with E-state index in [1.807, 2.05) is 6.07 Å². The highest BCUT2D eigenvalue weighted by molar-refractivity contribution is 7.71. The summed E-state index contributed by atoms with van der Waals surface area (Å²) in [6.07, 6.45) is 0.0694. The van der Waals surface area contributed by atoms with Crippen molar-refractivity contribution in [3.05, 3.63) is 69.2 Å². The lowest BCUT2D eigenvalue weighted by atomic mass is 10.2. The highest BCUT2D eigenvalue weighted by Gasteiger charge is 2.09. The van der Waals surface area contributed by atoms with Gasteiger partial charge >= 0.3 is 0 Å². The molecule has 138 valence electrons. The number of carbonyl (C=O) groups excluding carboxylic acids is 2. The maximum Gasteiger partial charge on any atom is 0.262 e. The number of rotatable bonds is 5. The number of fused-ring (bicyclic) bond motifs is 1. The molecule has 3 N–H and O–H groups in total. The summed E-state index contributed by atoms with van der Waals surface area (Å²) in [6, 6.07) is 13.7. The summed E-state index contributed by atoms with van der Waals surface area (Å²) in [7, 11) is 1.54. The molecule has 0 spiro atoms. The fourth-order valence-electron chi connectivity index (χ4n) is 2.72. The zero-order chi connectivity index (χ0) is 19.4. The largest absolute Gasteiger partial charge is 0.355 e. The first-order valence-corrected chi connectivity index (χ1v) is 8.74. The Morgan fingerprint density at radius 2 is 1.93 bits per heavy atom. The quantitative estimate of drug-likeness (QED) is 0.591. The second kappa shape index (κ2) is 7.96. The molecule has 0 fully saturated rings. The van der Waals surface area contributed by atoms with E-state index in [9.17, 15) is 14.4 Å². The van der Waals surface area contributed by atoms with Crippen LogP contribution in [0.2, 0.25) is 0 Å². The fourth-order valence-corrected chi connectivity index (χ4v) is 3.01. The number of benzene rings is 2. The zero-order valence-corrected chi connectivity index (χ0v) is 15.4. The van der Waals surface area contributed by atoms with Gasteiger partial charge in [0.15, 0.2) is 4.77 Å². The average Bonchev–Trinajstić information content (AvgIpc) is 2.67. The second-order valence-electron chi connectivity index (χ2n) is 5.89. The van der Waals surface area contributed by atoms with Crippen LogP contribution < -0.4 is 16.2 Å². The summed E-state index contributed by atoms with van der Waals surface area (Å²) in [5, 5.41) is 5.78. The first kappa shape index (κ1) is 18.5. The van der Waals surface area contributed by atoms with Crippen LogP contribution in [0, 0.1) is 4.77 Å². The van der Waals surface area contributed by atoms with Crippen LogP contribution in [-0.4, -0.2) is 28.4 Å². The van der Waals surface area contributed by atoms with Gasteiger partial charge in [-0.2, -0.15) is 0 Å². The minimum atomic E-state index is -0.279. The Morgan fingerprint density at radius 1 is 1.15 bits per heavy atom. The van der Waals surface area contributed by atoms with Crippen molar-refractivity contribution in [1.82, 2.24) is 14.9 Å². The van der Waals surface area contributed by atoms with Crippen molar-refractivity contribution in [1.29, 1.82) is 0 Å².